The summed E-state index contributed by atoms with van der Waals surface area (Å²) in [6.45, 7) is 9.17. The fourth-order valence-electron chi connectivity index (χ4n) is 2.44. The molecule has 0 saturated heterocycles. The number of hydrogen-bond donors (Lipinski definition) is 1. The highest BCUT2D eigenvalue weighted by Gasteiger charge is 2.29. The van der Waals surface area contributed by atoms with Gasteiger partial charge in [-0.1, -0.05) is 44.2 Å². The number of benzene rings is 1. The standard InChI is InChI=1S/C17H29NO2/c1-5-15(2)18(11-12-20-4)13-17(3,14-19)16-9-7-6-8-10-16/h6-10,15,19H,5,11-14H2,1-4H3. The molecule has 0 fully saturated rings. The van der Waals surface area contributed by atoms with Crippen molar-refractivity contribution >= 4 is 0 Å². The van der Waals surface area contributed by atoms with Gasteiger partial charge in [-0.25, -0.2) is 0 Å². The van der Waals surface area contributed by atoms with E-state index in [0.717, 1.165) is 26.1 Å². The summed E-state index contributed by atoms with van der Waals surface area (Å²) in [6, 6.07) is 10.8. The van der Waals surface area contributed by atoms with Crippen LogP contribution < -0.4 is 0 Å². The van der Waals surface area contributed by atoms with E-state index < -0.39 is 0 Å². The molecular weight excluding hydrogens is 250 g/mol. The molecule has 3 heteroatoms. The number of nitrogens with zero attached hydrogens (tertiary/aromatic N) is 1. The quantitative estimate of drug-likeness (QED) is 0.754. The van der Waals surface area contributed by atoms with Gasteiger partial charge in [-0.05, 0) is 18.9 Å². The number of aliphatic hydroxyl groups excluding tert-OH is 1. The average molecular weight is 279 g/mol. The van der Waals surface area contributed by atoms with Crippen molar-refractivity contribution in [2.75, 3.05) is 33.4 Å². The lowest BCUT2D eigenvalue weighted by Crippen LogP contribution is -2.46. The summed E-state index contributed by atoms with van der Waals surface area (Å²) in [6.07, 6.45) is 1.10. The van der Waals surface area contributed by atoms with Crippen LogP contribution in [0.1, 0.15) is 32.8 Å². The molecule has 0 aliphatic carbocycles. The van der Waals surface area contributed by atoms with Crippen LogP contribution in [0.3, 0.4) is 0 Å². The zero-order valence-corrected chi connectivity index (χ0v) is 13.3. The normalized spacial score (nSPS) is 16.1. The van der Waals surface area contributed by atoms with Gasteiger partial charge in [-0.15, -0.1) is 0 Å². The fraction of sp³-hybridized carbons (Fsp3) is 0.647. The van der Waals surface area contributed by atoms with Gasteiger partial charge in [0.05, 0.1) is 13.2 Å². The molecule has 0 bridgehead atoms. The van der Waals surface area contributed by atoms with Crippen molar-refractivity contribution in [3.63, 3.8) is 0 Å². The zero-order chi connectivity index (χ0) is 15.0. The van der Waals surface area contributed by atoms with Crippen LogP contribution in [-0.4, -0.2) is 49.5 Å². The summed E-state index contributed by atoms with van der Waals surface area (Å²) in [5, 5.41) is 9.91. The van der Waals surface area contributed by atoms with E-state index >= 15 is 0 Å². The molecule has 2 unspecified atom stereocenters. The van der Waals surface area contributed by atoms with Crippen LogP contribution in [0.5, 0.6) is 0 Å². The molecular formula is C17H29NO2. The molecule has 1 aromatic rings. The summed E-state index contributed by atoms with van der Waals surface area (Å²) in [7, 11) is 1.73. The van der Waals surface area contributed by atoms with Gasteiger partial charge in [0, 0.05) is 31.7 Å². The average Bonchev–Trinajstić information content (AvgIpc) is 2.51. The highest BCUT2D eigenvalue weighted by atomic mass is 16.5. The summed E-state index contributed by atoms with van der Waals surface area (Å²) in [4.78, 5) is 2.41. The van der Waals surface area contributed by atoms with Crippen LogP contribution in [0.2, 0.25) is 0 Å². The summed E-state index contributed by atoms with van der Waals surface area (Å²) in [5.74, 6) is 0. The summed E-state index contributed by atoms with van der Waals surface area (Å²) < 4.78 is 5.22. The SMILES string of the molecule is CCC(C)N(CCOC)CC(C)(CO)c1ccccc1. The maximum atomic E-state index is 9.91. The van der Waals surface area contributed by atoms with Crippen molar-refractivity contribution in [1.82, 2.24) is 4.90 Å². The predicted octanol–water partition coefficient (Wildman–Crippen LogP) is 2.68. The fourth-order valence-corrected chi connectivity index (χ4v) is 2.44. The molecule has 20 heavy (non-hydrogen) atoms. The second-order valence-corrected chi connectivity index (χ2v) is 5.81. The van der Waals surface area contributed by atoms with Crippen LogP contribution in [0, 0.1) is 0 Å². The van der Waals surface area contributed by atoms with Crippen molar-refractivity contribution in [1.29, 1.82) is 0 Å². The smallest absolute Gasteiger partial charge is 0.0589 e. The lowest BCUT2D eigenvalue weighted by atomic mass is 9.82. The van der Waals surface area contributed by atoms with Gasteiger partial charge in [-0.2, -0.15) is 0 Å². The lowest BCUT2D eigenvalue weighted by molar-refractivity contribution is 0.0845. The molecule has 1 rings (SSSR count). The van der Waals surface area contributed by atoms with Crippen molar-refractivity contribution in [3.8, 4) is 0 Å². The highest BCUT2D eigenvalue weighted by Crippen LogP contribution is 2.25. The first kappa shape index (κ1) is 17.2. The highest BCUT2D eigenvalue weighted by molar-refractivity contribution is 5.25. The maximum Gasteiger partial charge on any atom is 0.0589 e. The molecule has 114 valence electrons. The van der Waals surface area contributed by atoms with E-state index in [1.54, 1.807) is 7.11 Å². The van der Waals surface area contributed by atoms with Crippen LogP contribution in [0.4, 0.5) is 0 Å². The third-order valence-corrected chi connectivity index (χ3v) is 4.17. The number of methoxy groups -OCH3 is 1. The third kappa shape index (κ3) is 4.58. The van der Waals surface area contributed by atoms with Gasteiger partial charge in [0.25, 0.3) is 0 Å². The third-order valence-electron chi connectivity index (χ3n) is 4.17. The van der Waals surface area contributed by atoms with Crippen LogP contribution in [-0.2, 0) is 10.2 Å². The first-order chi connectivity index (χ1) is 9.57. The minimum atomic E-state index is -0.238. The summed E-state index contributed by atoms with van der Waals surface area (Å²) >= 11 is 0. The van der Waals surface area contributed by atoms with Crippen molar-refractivity contribution in [3.05, 3.63) is 35.9 Å². The van der Waals surface area contributed by atoms with E-state index in [2.05, 4.69) is 37.8 Å². The molecule has 2 atom stereocenters. The Morgan fingerprint density at radius 3 is 2.45 bits per heavy atom. The molecule has 3 nitrogen and oxygen atoms in total. The van der Waals surface area contributed by atoms with Gasteiger partial charge < -0.3 is 9.84 Å². The van der Waals surface area contributed by atoms with Crippen molar-refractivity contribution in [2.45, 2.75) is 38.6 Å². The van der Waals surface area contributed by atoms with Crippen LogP contribution in [0.15, 0.2) is 30.3 Å². The van der Waals surface area contributed by atoms with E-state index in [0.29, 0.717) is 6.04 Å². The van der Waals surface area contributed by atoms with Gasteiger partial charge in [0.15, 0.2) is 0 Å². The van der Waals surface area contributed by atoms with Crippen LogP contribution in [0.25, 0.3) is 0 Å². The van der Waals surface area contributed by atoms with E-state index in [-0.39, 0.29) is 12.0 Å². The molecule has 1 N–H and O–H groups in total. The number of aliphatic hydroxyl groups is 1. The van der Waals surface area contributed by atoms with E-state index in [4.69, 9.17) is 4.74 Å². The Kier molecular flexibility index (Phi) is 7.20. The molecule has 0 radical (unpaired) electrons. The topological polar surface area (TPSA) is 32.7 Å². The number of ether oxygens (including phenoxy) is 1. The Morgan fingerprint density at radius 1 is 1.30 bits per heavy atom. The van der Waals surface area contributed by atoms with Gasteiger partial charge in [-0.3, -0.25) is 4.90 Å². The van der Waals surface area contributed by atoms with E-state index in [1.165, 1.54) is 5.56 Å². The summed E-state index contributed by atoms with van der Waals surface area (Å²) in [5.41, 5.74) is 0.950. The second-order valence-electron chi connectivity index (χ2n) is 5.81. The second kappa shape index (κ2) is 8.40. The minimum absolute atomic E-state index is 0.150. The van der Waals surface area contributed by atoms with Crippen molar-refractivity contribution < 1.29 is 9.84 Å². The maximum absolute atomic E-state index is 9.91. The molecule has 0 saturated carbocycles. The Labute approximate surface area is 123 Å². The Bertz CT molecular complexity index is 369. The molecule has 0 heterocycles. The monoisotopic (exact) mass is 279 g/mol. The van der Waals surface area contributed by atoms with Gasteiger partial charge >= 0.3 is 0 Å². The Hall–Kier alpha value is -0.900. The number of rotatable bonds is 9. The molecule has 0 aromatic heterocycles. The Balaban J connectivity index is 2.87. The molecule has 0 aliphatic heterocycles. The lowest BCUT2D eigenvalue weighted by Gasteiger charge is -2.37. The predicted molar refractivity (Wildman–Crippen MR) is 84.1 cm³/mol. The first-order valence-corrected chi connectivity index (χ1v) is 7.46. The first-order valence-electron chi connectivity index (χ1n) is 7.46. The minimum Gasteiger partial charge on any atom is -0.395 e. The van der Waals surface area contributed by atoms with Crippen molar-refractivity contribution in [2.24, 2.45) is 0 Å². The largest absolute Gasteiger partial charge is 0.395 e. The number of hydrogen-bond acceptors (Lipinski definition) is 3. The molecule has 0 amide bonds. The van der Waals surface area contributed by atoms with Gasteiger partial charge in [0.2, 0.25) is 0 Å². The Morgan fingerprint density at radius 2 is 1.95 bits per heavy atom. The van der Waals surface area contributed by atoms with Crippen LogP contribution >= 0.6 is 0 Å². The van der Waals surface area contributed by atoms with E-state index in [9.17, 15) is 5.11 Å². The zero-order valence-electron chi connectivity index (χ0n) is 13.3. The molecule has 0 spiro atoms. The molecule has 0 aliphatic rings. The van der Waals surface area contributed by atoms with Gasteiger partial charge in [0.1, 0.15) is 0 Å². The van der Waals surface area contributed by atoms with E-state index in [1.807, 2.05) is 18.2 Å². The molecule has 1 aromatic carbocycles.